The molecule has 19 heavy (non-hydrogen) atoms. The number of halogens is 1. The third-order valence-corrected chi connectivity index (χ3v) is 2.90. The van der Waals surface area contributed by atoms with Crippen molar-refractivity contribution in [2.24, 2.45) is 7.05 Å². The maximum absolute atomic E-state index is 11.0. The van der Waals surface area contributed by atoms with Gasteiger partial charge in [-0.25, -0.2) is 9.78 Å². The van der Waals surface area contributed by atoms with Crippen molar-refractivity contribution >= 4 is 23.4 Å². The summed E-state index contributed by atoms with van der Waals surface area (Å²) in [5, 5.41) is 16.3. The van der Waals surface area contributed by atoms with Crippen LogP contribution in [0.2, 0.25) is 5.15 Å². The zero-order valence-corrected chi connectivity index (χ0v) is 11.1. The van der Waals surface area contributed by atoms with E-state index >= 15 is 0 Å². The van der Waals surface area contributed by atoms with Crippen molar-refractivity contribution in [1.29, 1.82) is 0 Å². The maximum Gasteiger partial charge on any atom is 0.339 e. The van der Waals surface area contributed by atoms with E-state index in [0.29, 0.717) is 13.0 Å². The molecule has 0 aliphatic heterocycles. The molecule has 0 radical (unpaired) electrons. The van der Waals surface area contributed by atoms with E-state index in [0.717, 1.165) is 5.69 Å². The molecule has 2 heterocycles. The molecule has 0 atom stereocenters. The molecule has 100 valence electrons. The Balaban J connectivity index is 2.05. The Morgan fingerprint density at radius 1 is 1.47 bits per heavy atom. The smallest absolute Gasteiger partial charge is 0.339 e. The van der Waals surface area contributed by atoms with Crippen LogP contribution < -0.4 is 5.32 Å². The van der Waals surface area contributed by atoms with E-state index < -0.39 is 5.97 Å². The molecular weight excluding hydrogens is 268 g/mol. The molecule has 0 aliphatic rings. The van der Waals surface area contributed by atoms with Gasteiger partial charge in [-0.05, 0) is 18.2 Å². The molecule has 2 N–H and O–H groups in total. The van der Waals surface area contributed by atoms with Crippen molar-refractivity contribution in [1.82, 2.24) is 14.8 Å². The number of carboxylic acid groups (broad SMARTS) is 1. The molecule has 2 aromatic rings. The van der Waals surface area contributed by atoms with Crippen molar-refractivity contribution in [2.45, 2.75) is 6.42 Å². The highest BCUT2D eigenvalue weighted by Gasteiger charge is 2.11. The number of nitrogens with one attached hydrogen (secondary N) is 1. The number of carbonyl (C=O) groups is 1. The van der Waals surface area contributed by atoms with Crippen LogP contribution in [0.3, 0.4) is 0 Å². The zero-order chi connectivity index (χ0) is 13.8. The fraction of sp³-hybridized carbons (Fsp3) is 0.250. The molecule has 0 fully saturated rings. The Morgan fingerprint density at radius 2 is 2.26 bits per heavy atom. The van der Waals surface area contributed by atoms with Gasteiger partial charge in [0.2, 0.25) is 0 Å². The summed E-state index contributed by atoms with van der Waals surface area (Å²) in [4.78, 5) is 15.0. The minimum Gasteiger partial charge on any atom is -0.478 e. The number of aromatic carboxylic acids is 1. The lowest BCUT2D eigenvalue weighted by atomic mass is 10.2. The fourth-order valence-electron chi connectivity index (χ4n) is 1.70. The summed E-state index contributed by atoms with van der Waals surface area (Å²) >= 11 is 5.77. The quantitative estimate of drug-likeness (QED) is 0.817. The first kappa shape index (κ1) is 13.4. The fourth-order valence-corrected chi connectivity index (χ4v) is 1.85. The molecule has 0 aliphatic carbocycles. The summed E-state index contributed by atoms with van der Waals surface area (Å²) in [6.07, 6.45) is 2.43. The SMILES string of the molecule is Cn1nccc1CCNc1nc(Cl)ccc1C(=O)O. The molecule has 0 saturated heterocycles. The largest absolute Gasteiger partial charge is 0.478 e. The van der Waals surface area contributed by atoms with Crippen molar-refractivity contribution < 1.29 is 9.90 Å². The van der Waals surface area contributed by atoms with E-state index in [1.54, 1.807) is 10.9 Å². The molecule has 0 unspecified atom stereocenters. The summed E-state index contributed by atoms with van der Waals surface area (Å²) in [7, 11) is 1.86. The number of hydrogen-bond acceptors (Lipinski definition) is 4. The van der Waals surface area contributed by atoms with Gasteiger partial charge in [-0.2, -0.15) is 5.10 Å². The van der Waals surface area contributed by atoms with Crippen molar-refractivity contribution in [3.8, 4) is 0 Å². The van der Waals surface area contributed by atoms with E-state index in [2.05, 4.69) is 15.4 Å². The number of nitrogens with zero attached hydrogens (tertiary/aromatic N) is 3. The molecule has 0 bridgehead atoms. The Bertz CT molecular complexity index is 597. The number of carboxylic acids is 1. The van der Waals surface area contributed by atoms with Crippen molar-refractivity contribution in [3.05, 3.63) is 40.8 Å². The van der Waals surface area contributed by atoms with Gasteiger partial charge >= 0.3 is 5.97 Å². The first-order valence-corrected chi connectivity index (χ1v) is 6.06. The summed E-state index contributed by atoms with van der Waals surface area (Å²) in [5.41, 5.74) is 1.15. The third kappa shape index (κ3) is 3.23. The van der Waals surface area contributed by atoms with Gasteiger partial charge in [0.25, 0.3) is 0 Å². The number of pyridine rings is 1. The number of rotatable bonds is 5. The molecular formula is C12H13ClN4O2. The number of aromatic nitrogens is 3. The minimum atomic E-state index is -1.03. The Kier molecular flexibility index (Phi) is 4.01. The molecule has 0 saturated carbocycles. The normalized spacial score (nSPS) is 10.4. The standard InChI is InChI=1S/C12H13ClN4O2/c1-17-8(5-7-15-17)4-6-14-11-9(12(18)19)2-3-10(13)16-11/h2-3,5,7H,4,6H2,1H3,(H,14,16)(H,18,19). The highest BCUT2D eigenvalue weighted by molar-refractivity contribution is 6.29. The van der Waals surface area contributed by atoms with Crippen LogP contribution in [0.5, 0.6) is 0 Å². The Hall–Kier alpha value is -2.08. The van der Waals surface area contributed by atoms with Crippen LogP contribution in [-0.2, 0) is 13.5 Å². The molecule has 0 aromatic carbocycles. The van der Waals surface area contributed by atoms with Gasteiger partial charge in [0.05, 0.1) is 0 Å². The van der Waals surface area contributed by atoms with Gasteiger partial charge < -0.3 is 10.4 Å². The lowest BCUT2D eigenvalue weighted by Crippen LogP contribution is -2.12. The van der Waals surface area contributed by atoms with Crippen LogP contribution in [-0.4, -0.2) is 32.4 Å². The second kappa shape index (κ2) is 5.71. The average molecular weight is 281 g/mol. The Labute approximate surface area is 115 Å². The highest BCUT2D eigenvalue weighted by Crippen LogP contribution is 2.16. The summed E-state index contributed by atoms with van der Waals surface area (Å²) in [5.74, 6) is -0.755. The molecule has 7 heteroatoms. The first-order chi connectivity index (χ1) is 9.08. The van der Waals surface area contributed by atoms with E-state index in [-0.39, 0.29) is 16.5 Å². The minimum absolute atomic E-state index is 0.106. The summed E-state index contributed by atoms with van der Waals surface area (Å²) in [6, 6.07) is 4.80. The Morgan fingerprint density at radius 3 is 2.89 bits per heavy atom. The third-order valence-electron chi connectivity index (χ3n) is 2.69. The number of aryl methyl sites for hydroxylation is 1. The predicted molar refractivity (Wildman–Crippen MR) is 71.6 cm³/mol. The number of anilines is 1. The van der Waals surface area contributed by atoms with E-state index in [1.165, 1.54) is 12.1 Å². The van der Waals surface area contributed by atoms with Crippen molar-refractivity contribution in [3.63, 3.8) is 0 Å². The maximum atomic E-state index is 11.0. The van der Waals surface area contributed by atoms with Crippen LogP contribution in [0.15, 0.2) is 24.4 Å². The van der Waals surface area contributed by atoms with E-state index in [9.17, 15) is 4.79 Å². The monoisotopic (exact) mass is 280 g/mol. The highest BCUT2D eigenvalue weighted by atomic mass is 35.5. The van der Waals surface area contributed by atoms with Crippen molar-refractivity contribution in [2.75, 3.05) is 11.9 Å². The molecule has 0 amide bonds. The topological polar surface area (TPSA) is 80.0 Å². The number of hydrogen-bond donors (Lipinski definition) is 2. The van der Waals surface area contributed by atoms with Crippen LogP contribution in [0.1, 0.15) is 16.1 Å². The molecule has 2 aromatic heterocycles. The predicted octanol–water partition coefficient (Wildman–Crippen LogP) is 1.82. The average Bonchev–Trinajstić information content (AvgIpc) is 2.75. The van der Waals surface area contributed by atoms with Crippen LogP contribution in [0, 0.1) is 0 Å². The van der Waals surface area contributed by atoms with Crippen LogP contribution in [0.4, 0.5) is 5.82 Å². The molecule has 2 rings (SSSR count). The van der Waals surface area contributed by atoms with Crippen LogP contribution in [0.25, 0.3) is 0 Å². The lowest BCUT2D eigenvalue weighted by molar-refractivity contribution is 0.0697. The van der Waals surface area contributed by atoms with E-state index in [4.69, 9.17) is 16.7 Å². The zero-order valence-electron chi connectivity index (χ0n) is 10.3. The lowest BCUT2D eigenvalue weighted by Gasteiger charge is -2.09. The van der Waals surface area contributed by atoms with Gasteiger partial charge in [-0.15, -0.1) is 0 Å². The molecule has 0 spiro atoms. The first-order valence-electron chi connectivity index (χ1n) is 5.68. The van der Waals surface area contributed by atoms with Gasteiger partial charge in [0, 0.05) is 31.9 Å². The van der Waals surface area contributed by atoms with Gasteiger partial charge in [0.1, 0.15) is 16.5 Å². The van der Waals surface area contributed by atoms with Crippen LogP contribution >= 0.6 is 11.6 Å². The summed E-state index contributed by atoms with van der Waals surface area (Å²) < 4.78 is 1.77. The van der Waals surface area contributed by atoms with Gasteiger partial charge in [0.15, 0.2) is 0 Å². The second-order valence-corrected chi connectivity index (χ2v) is 4.35. The van der Waals surface area contributed by atoms with E-state index in [1.807, 2.05) is 13.1 Å². The van der Waals surface area contributed by atoms with Gasteiger partial charge in [-0.1, -0.05) is 11.6 Å². The molecule has 6 nitrogen and oxygen atoms in total. The summed E-state index contributed by atoms with van der Waals surface area (Å²) in [6.45, 7) is 0.549. The second-order valence-electron chi connectivity index (χ2n) is 3.96. The van der Waals surface area contributed by atoms with Gasteiger partial charge in [-0.3, -0.25) is 4.68 Å².